The average molecular weight is 669 g/mol. The van der Waals surface area contributed by atoms with E-state index in [1.807, 2.05) is 91.0 Å². The molecule has 0 radical (unpaired) electrons. The van der Waals surface area contributed by atoms with Crippen molar-refractivity contribution in [2.45, 2.75) is 65.7 Å². The predicted molar refractivity (Wildman–Crippen MR) is 192 cm³/mol. The molecule has 10 heteroatoms. The Morgan fingerprint density at radius 1 is 0.667 bits per heavy atom. The molecule has 0 bridgehead atoms. The van der Waals surface area contributed by atoms with Gasteiger partial charge in [-0.15, -0.1) is 0 Å². The van der Waals surface area contributed by atoms with Crippen molar-refractivity contribution in [3.05, 3.63) is 125 Å². The van der Waals surface area contributed by atoms with E-state index in [0.29, 0.717) is 0 Å². The summed E-state index contributed by atoms with van der Waals surface area (Å²) in [6, 6.07) is 31.9. The Hall–Kier alpha value is -5.01. The van der Waals surface area contributed by atoms with Crippen LogP contribution in [0.15, 0.2) is 115 Å². The lowest BCUT2D eigenvalue weighted by atomic mass is 10.1. The summed E-state index contributed by atoms with van der Waals surface area (Å²) >= 11 is 0. The lowest BCUT2D eigenvalue weighted by Gasteiger charge is -2.39. The number of anilines is 1. The van der Waals surface area contributed by atoms with Crippen LogP contribution in [0.3, 0.4) is 0 Å². The Morgan fingerprint density at radius 2 is 1.06 bits per heavy atom. The molecule has 48 heavy (non-hydrogen) atoms. The quantitative estimate of drug-likeness (QED) is 0.0907. The van der Waals surface area contributed by atoms with Gasteiger partial charge in [0.25, 0.3) is 5.69 Å². The van der Waals surface area contributed by atoms with Gasteiger partial charge in [0.05, 0.1) is 10.2 Å². The molecule has 0 aliphatic carbocycles. The summed E-state index contributed by atoms with van der Waals surface area (Å²) in [6.45, 7) is 8.20. The molecule has 0 saturated heterocycles. The molecule has 0 fully saturated rings. The molecule has 4 aromatic rings. The van der Waals surface area contributed by atoms with Crippen LogP contribution < -0.4 is 20.8 Å². The minimum atomic E-state index is -3.38. The Morgan fingerprint density at radius 3 is 1.40 bits per heavy atom. The van der Waals surface area contributed by atoms with Crippen LogP contribution in [0.2, 0.25) is 0 Å². The number of carbonyl (C=O) groups is 3. The molecular formula is C38H41N2O7P. The fourth-order valence-corrected chi connectivity index (χ4v) is 10.0. The molecule has 1 atom stereocenters. The van der Waals surface area contributed by atoms with E-state index in [1.165, 1.54) is 36.1 Å². The highest BCUT2D eigenvalue weighted by Crippen LogP contribution is 2.48. The molecule has 1 amide bonds. The molecule has 4 aromatic carbocycles. The SMILES string of the molecule is CC(=O)N(c1ccc([N+](=O)[O-])cc1)C(C(=O)OC(C)(C)C)C(C(=O)OC(C)(C)C)=P(c1ccccc1)(c1ccccc1)c1ccccc1. The van der Waals surface area contributed by atoms with Gasteiger partial charge in [-0.2, -0.15) is 0 Å². The molecular weight excluding hydrogens is 627 g/mol. The summed E-state index contributed by atoms with van der Waals surface area (Å²) < 4.78 is 12.2. The first-order chi connectivity index (χ1) is 22.6. The van der Waals surface area contributed by atoms with Gasteiger partial charge in [-0.05, 0) is 76.5 Å². The van der Waals surface area contributed by atoms with Gasteiger partial charge < -0.3 is 9.47 Å². The lowest BCUT2D eigenvalue weighted by molar-refractivity contribution is -0.384. The smallest absolute Gasteiger partial charge is 0.338 e. The van der Waals surface area contributed by atoms with Crippen LogP contribution in [0.25, 0.3) is 0 Å². The number of nitrogens with zero attached hydrogens (tertiary/aromatic N) is 2. The Bertz CT molecular complexity index is 1720. The van der Waals surface area contributed by atoms with Crippen LogP contribution in [-0.4, -0.2) is 45.3 Å². The molecule has 0 aliphatic rings. The number of amides is 1. The zero-order valence-corrected chi connectivity index (χ0v) is 29.1. The summed E-state index contributed by atoms with van der Waals surface area (Å²) in [7, 11) is 0. The molecule has 0 heterocycles. The monoisotopic (exact) mass is 668 g/mol. The van der Waals surface area contributed by atoms with E-state index in [0.717, 1.165) is 15.9 Å². The van der Waals surface area contributed by atoms with Gasteiger partial charge >= 0.3 is 11.9 Å². The molecule has 0 aliphatic heterocycles. The lowest BCUT2D eigenvalue weighted by Crippen LogP contribution is -2.56. The van der Waals surface area contributed by atoms with Crippen molar-refractivity contribution in [2.75, 3.05) is 4.90 Å². The van der Waals surface area contributed by atoms with E-state index in [1.54, 1.807) is 41.5 Å². The summed E-state index contributed by atoms with van der Waals surface area (Å²) in [5.41, 5.74) is -2.04. The summed E-state index contributed by atoms with van der Waals surface area (Å²) in [5.74, 6) is -2.23. The van der Waals surface area contributed by atoms with Crippen LogP contribution in [0, 0.1) is 10.1 Å². The van der Waals surface area contributed by atoms with Crippen LogP contribution in [0.1, 0.15) is 48.5 Å². The number of benzene rings is 4. The zero-order chi connectivity index (χ0) is 35.3. The number of nitro benzene ring substituents is 1. The Labute approximate surface area is 281 Å². The summed E-state index contributed by atoms with van der Waals surface area (Å²) in [4.78, 5) is 55.9. The average Bonchev–Trinajstić information content (AvgIpc) is 3.02. The third-order valence-corrected chi connectivity index (χ3v) is 11.6. The standard InChI is InChI=1S/C38H41N2O7P/c1-27(41)39(28-23-25-29(26-24-28)40(44)45)33(35(42)46-37(2,3)4)34(36(43)47-38(5,6)7)48(30-17-11-8-12-18-30,31-19-13-9-14-20-31)32-21-15-10-16-22-32/h8-26,33H,1-7H3. The molecule has 0 spiro atoms. The second-order valence-corrected chi connectivity index (χ2v) is 16.5. The normalized spacial score (nSPS) is 12.4. The van der Waals surface area contributed by atoms with Crippen molar-refractivity contribution in [1.29, 1.82) is 0 Å². The van der Waals surface area contributed by atoms with E-state index in [2.05, 4.69) is 0 Å². The third kappa shape index (κ3) is 7.92. The predicted octanol–water partition coefficient (Wildman–Crippen LogP) is 6.17. The summed E-state index contributed by atoms with van der Waals surface area (Å²) in [6.07, 6.45) is 0. The van der Waals surface area contributed by atoms with E-state index in [9.17, 15) is 19.7 Å². The molecule has 4 rings (SSSR count). The van der Waals surface area contributed by atoms with Gasteiger partial charge in [0.2, 0.25) is 5.91 Å². The number of hydrogen-bond acceptors (Lipinski definition) is 7. The molecule has 9 nitrogen and oxygen atoms in total. The number of hydrogen-bond donors (Lipinski definition) is 0. The summed E-state index contributed by atoms with van der Waals surface area (Å²) in [5, 5.41) is 13.8. The fraction of sp³-hybridized carbons (Fsp3) is 0.263. The third-order valence-electron chi connectivity index (χ3n) is 7.23. The van der Waals surface area contributed by atoms with E-state index >= 15 is 4.79 Å². The van der Waals surface area contributed by atoms with Gasteiger partial charge in [0, 0.05) is 24.7 Å². The highest BCUT2D eigenvalue weighted by Gasteiger charge is 2.47. The molecule has 0 N–H and O–H groups in total. The van der Waals surface area contributed by atoms with Crippen molar-refractivity contribution in [3.8, 4) is 0 Å². The maximum absolute atomic E-state index is 15.1. The molecule has 0 aromatic heterocycles. The van der Waals surface area contributed by atoms with Crippen molar-refractivity contribution < 1.29 is 28.8 Å². The van der Waals surface area contributed by atoms with Crippen molar-refractivity contribution >= 4 is 57.3 Å². The van der Waals surface area contributed by atoms with Crippen LogP contribution >= 0.6 is 6.89 Å². The number of ether oxygens (including phenoxy) is 2. The second kappa shape index (κ2) is 14.4. The highest BCUT2D eigenvalue weighted by molar-refractivity contribution is 7.96. The number of esters is 2. The minimum absolute atomic E-state index is 0.0174. The first-order valence-corrected chi connectivity index (χ1v) is 17.3. The molecule has 0 saturated carbocycles. The maximum atomic E-state index is 15.1. The molecule has 1 unspecified atom stereocenters. The largest absolute Gasteiger partial charge is 0.458 e. The van der Waals surface area contributed by atoms with E-state index < -0.39 is 46.9 Å². The van der Waals surface area contributed by atoms with Gasteiger partial charge in [-0.3, -0.25) is 19.8 Å². The van der Waals surface area contributed by atoms with Gasteiger partial charge in [0.1, 0.15) is 11.2 Å². The number of rotatable bonds is 9. The second-order valence-electron chi connectivity index (χ2n) is 13.2. The first-order valence-electron chi connectivity index (χ1n) is 15.5. The molecule has 250 valence electrons. The highest BCUT2D eigenvalue weighted by atomic mass is 31.2. The maximum Gasteiger partial charge on any atom is 0.338 e. The van der Waals surface area contributed by atoms with Gasteiger partial charge in [-0.25, -0.2) is 9.59 Å². The fourth-order valence-electron chi connectivity index (χ4n) is 5.53. The van der Waals surface area contributed by atoms with E-state index in [4.69, 9.17) is 9.47 Å². The van der Waals surface area contributed by atoms with Crippen LogP contribution in [-0.2, 0) is 23.9 Å². The van der Waals surface area contributed by atoms with E-state index in [-0.39, 0.29) is 16.7 Å². The minimum Gasteiger partial charge on any atom is -0.458 e. The van der Waals surface area contributed by atoms with Crippen molar-refractivity contribution in [2.24, 2.45) is 0 Å². The van der Waals surface area contributed by atoms with Crippen LogP contribution in [0.5, 0.6) is 0 Å². The Balaban J connectivity index is 2.34. The number of non-ortho nitro benzene ring substituents is 1. The van der Waals surface area contributed by atoms with Gasteiger partial charge in [-0.1, -0.05) is 91.0 Å². The number of carbonyl (C=O) groups excluding carboxylic acids is 3. The topological polar surface area (TPSA) is 116 Å². The first kappa shape index (κ1) is 35.8. The van der Waals surface area contributed by atoms with Crippen molar-refractivity contribution in [1.82, 2.24) is 0 Å². The van der Waals surface area contributed by atoms with Crippen molar-refractivity contribution in [3.63, 3.8) is 0 Å². The number of nitro groups is 1. The van der Waals surface area contributed by atoms with Gasteiger partial charge in [0.15, 0.2) is 6.04 Å². The zero-order valence-electron chi connectivity index (χ0n) is 28.2. The van der Waals surface area contributed by atoms with Crippen LogP contribution in [0.4, 0.5) is 11.4 Å². The Kier molecular flexibility index (Phi) is 10.8.